The SMILES string of the molecule is CCNC(=NCCc1nc(C(F)(F)F)cs1)N(C)Cc1cc(OC)c(OC)cc1C. The number of aryl methyl sites for hydroxylation is 1. The van der Waals surface area contributed by atoms with Crippen LogP contribution in [0, 0.1) is 6.92 Å². The van der Waals surface area contributed by atoms with Crippen LogP contribution in [-0.2, 0) is 19.1 Å². The van der Waals surface area contributed by atoms with Gasteiger partial charge in [-0.05, 0) is 37.1 Å². The van der Waals surface area contributed by atoms with E-state index in [4.69, 9.17) is 9.47 Å². The summed E-state index contributed by atoms with van der Waals surface area (Å²) in [4.78, 5) is 10.2. The molecule has 0 atom stereocenters. The molecule has 0 aliphatic rings. The molecule has 0 aliphatic carbocycles. The fraction of sp³-hybridized carbons (Fsp3) is 0.500. The minimum atomic E-state index is -4.41. The highest BCUT2D eigenvalue weighted by Crippen LogP contribution is 2.31. The van der Waals surface area contributed by atoms with Crippen molar-refractivity contribution >= 4 is 17.3 Å². The molecule has 1 heterocycles. The van der Waals surface area contributed by atoms with Crippen molar-refractivity contribution < 1.29 is 22.6 Å². The second-order valence-electron chi connectivity index (χ2n) is 6.60. The first-order chi connectivity index (χ1) is 14.2. The van der Waals surface area contributed by atoms with Crippen LogP contribution in [0.4, 0.5) is 13.2 Å². The number of alkyl halides is 3. The highest BCUT2D eigenvalue weighted by Gasteiger charge is 2.33. The first kappa shape index (κ1) is 23.8. The number of hydrogen-bond acceptors (Lipinski definition) is 5. The average molecular weight is 445 g/mol. The lowest BCUT2D eigenvalue weighted by atomic mass is 10.1. The van der Waals surface area contributed by atoms with Crippen molar-refractivity contribution in [1.29, 1.82) is 0 Å². The van der Waals surface area contributed by atoms with Crippen LogP contribution in [0.2, 0.25) is 0 Å². The summed E-state index contributed by atoms with van der Waals surface area (Å²) < 4.78 is 48.8. The maximum atomic E-state index is 12.7. The van der Waals surface area contributed by atoms with Gasteiger partial charge in [-0.3, -0.25) is 4.99 Å². The number of hydrogen-bond donors (Lipinski definition) is 1. The molecule has 0 bridgehead atoms. The summed E-state index contributed by atoms with van der Waals surface area (Å²) in [6, 6.07) is 3.86. The summed E-state index contributed by atoms with van der Waals surface area (Å²) in [5.74, 6) is 1.99. The van der Waals surface area contributed by atoms with Gasteiger partial charge in [0.15, 0.2) is 23.2 Å². The zero-order valence-corrected chi connectivity index (χ0v) is 18.6. The van der Waals surface area contributed by atoms with Gasteiger partial charge in [0.05, 0.1) is 19.2 Å². The molecule has 1 aromatic carbocycles. The van der Waals surface area contributed by atoms with E-state index >= 15 is 0 Å². The number of thiazole rings is 1. The quantitative estimate of drug-likeness (QED) is 0.490. The Bertz CT molecular complexity index is 868. The van der Waals surface area contributed by atoms with E-state index in [2.05, 4.69) is 15.3 Å². The molecule has 0 aliphatic heterocycles. The number of halogens is 3. The topological polar surface area (TPSA) is 59.0 Å². The molecule has 10 heteroatoms. The zero-order chi connectivity index (χ0) is 22.3. The maximum Gasteiger partial charge on any atom is 0.434 e. The largest absolute Gasteiger partial charge is 0.493 e. The fourth-order valence-corrected chi connectivity index (χ4v) is 3.60. The Hall–Kier alpha value is -2.49. The van der Waals surface area contributed by atoms with E-state index in [9.17, 15) is 13.2 Å². The minimum Gasteiger partial charge on any atom is -0.493 e. The third-order valence-electron chi connectivity index (χ3n) is 4.38. The molecular formula is C20H27F3N4O2S. The van der Waals surface area contributed by atoms with Crippen molar-refractivity contribution in [2.24, 2.45) is 4.99 Å². The first-order valence-electron chi connectivity index (χ1n) is 9.42. The molecule has 0 unspecified atom stereocenters. The van der Waals surface area contributed by atoms with Crippen molar-refractivity contribution in [3.63, 3.8) is 0 Å². The van der Waals surface area contributed by atoms with Crippen LogP contribution in [0.1, 0.15) is 28.8 Å². The summed E-state index contributed by atoms with van der Waals surface area (Å²) in [7, 11) is 5.09. The van der Waals surface area contributed by atoms with Crippen LogP contribution < -0.4 is 14.8 Å². The van der Waals surface area contributed by atoms with E-state index in [1.807, 2.05) is 37.9 Å². The summed E-state index contributed by atoms with van der Waals surface area (Å²) in [6.45, 7) is 5.54. The third-order valence-corrected chi connectivity index (χ3v) is 5.28. The molecule has 2 rings (SSSR count). The molecule has 2 aromatic rings. The van der Waals surface area contributed by atoms with E-state index in [-0.39, 0.29) is 0 Å². The maximum absolute atomic E-state index is 12.7. The lowest BCUT2D eigenvalue weighted by Crippen LogP contribution is -2.38. The Morgan fingerprint density at radius 2 is 1.90 bits per heavy atom. The van der Waals surface area contributed by atoms with Gasteiger partial charge in [0.25, 0.3) is 0 Å². The number of methoxy groups -OCH3 is 2. The van der Waals surface area contributed by atoms with Crippen molar-refractivity contribution in [2.45, 2.75) is 33.0 Å². The smallest absolute Gasteiger partial charge is 0.434 e. The molecule has 1 aromatic heterocycles. The predicted octanol–water partition coefficient (Wildman–Crippen LogP) is 4.13. The van der Waals surface area contributed by atoms with Crippen molar-refractivity contribution in [2.75, 3.05) is 34.4 Å². The molecular weight excluding hydrogens is 417 g/mol. The Labute approximate surface area is 178 Å². The monoisotopic (exact) mass is 444 g/mol. The molecule has 0 radical (unpaired) electrons. The Kier molecular flexibility index (Phi) is 8.33. The summed E-state index contributed by atoms with van der Waals surface area (Å²) in [5, 5.41) is 4.67. The average Bonchev–Trinajstić information content (AvgIpc) is 3.18. The molecule has 0 saturated heterocycles. The van der Waals surface area contributed by atoms with E-state index < -0.39 is 11.9 Å². The van der Waals surface area contributed by atoms with Gasteiger partial charge < -0.3 is 19.7 Å². The van der Waals surface area contributed by atoms with Crippen LogP contribution in [0.25, 0.3) is 0 Å². The van der Waals surface area contributed by atoms with Crippen LogP contribution in [0.3, 0.4) is 0 Å². The molecule has 166 valence electrons. The van der Waals surface area contributed by atoms with Gasteiger partial charge in [0, 0.05) is 38.5 Å². The van der Waals surface area contributed by atoms with Gasteiger partial charge in [0.2, 0.25) is 0 Å². The van der Waals surface area contributed by atoms with Gasteiger partial charge in [-0.2, -0.15) is 13.2 Å². The molecule has 1 N–H and O–H groups in total. The Morgan fingerprint density at radius 3 is 2.47 bits per heavy atom. The van der Waals surface area contributed by atoms with Crippen molar-refractivity contribution in [3.05, 3.63) is 39.3 Å². The molecule has 30 heavy (non-hydrogen) atoms. The highest BCUT2D eigenvalue weighted by molar-refractivity contribution is 7.09. The Balaban J connectivity index is 2.08. The molecule has 0 fully saturated rings. The number of aliphatic imine (C=N–C) groups is 1. The van der Waals surface area contributed by atoms with Gasteiger partial charge >= 0.3 is 6.18 Å². The first-order valence-corrected chi connectivity index (χ1v) is 10.3. The van der Waals surface area contributed by atoms with Crippen LogP contribution >= 0.6 is 11.3 Å². The fourth-order valence-electron chi connectivity index (χ4n) is 2.81. The van der Waals surface area contributed by atoms with Gasteiger partial charge in [-0.15, -0.1) is 11.3 Å². The molecule has 0 spiro atoms. The van der Waals surface area contributed by atoms with E-state index in [1.165, 1.54) is 0 Å². The van der Waals surface area contributed by atoms with E-state index in [0.717, 1.165) is 27.8 Å². The number of ether oxygens (including phenoxy) is 2. The van der Waals surface area contributed by atoms with Crippen molar-refractivity contribution in [3.8, 4) is 11.5 Å². The minimum absolute atomic E-state index is 0.336. The standard InChI is InChI=1S/C20H27F3N4O2S/c1-6-24-19(25-8-7-18-26-17(12-30-18)20(21,22)23)27(3)11-14-10-16(29-5)15(28-4)9-13(14)2/h9-10,12H,6-8,11H2,1-5H3,(H,24,25). The highest BCUT2D eigenvalue weighted by atomic mass is 32.1. The summed E-state index contributed by atoms with van der Waals surface area (Å²) in [5.41, 5.74) is 1.26. The van der Waals surface area contributed by atoms with Crippen LogP contribution in [-0.4, -0.2) is 50.2 Å². The van der Waals surface area contributed by atoms with E-state index in [0.29, 0.717) is 48.5 Å². The summed E-state index contributed by atoms with van der Waals surface area (Å²) >= 11 is 1.00. The lowest BCUT2D eigenvalue weighted by Gasteiger charge is -2.23. The number of nitrogens with one attached hydrogen (secondary N) is 1. The Morgan fingerprint density at radius 1 is 1.23 bits per heavy atom. The van der Waals surface area contributed by atoms with Crippen LogP contribution in [0.5, 0.6) is 11.5 Å². The lowest BCUT2D eigenvalue weighted by molar-refractivity contribution is -0.140. The second kappa shape index (κ2) is 10.5. The van der Waals surface area contributed by atoms with E-state index in [1.54, 1.807) is 14.2 Å². The molecule has 0 saturated carbocycles. The van der Waals surface area contributed by atoms with Crippen molar-refractivity contribution in [1.82, 2.24) is 15.2 Å². The normalized spacial score (nSPS) is 12.1. The number of nitrogens with zero attached hydrogens (tertiary/aromatic N) is 3. The molecule has 0 amide bonds. The number of benzene rings is 1. The number of aromatic nitrogens is 1. The number of rotatable bonds is 8. The second-order valence-corrected chi connectivity index (χ2v) is 7.54. The van der Waals surface area contributed by atoms with Gasteiger partial charge in [0.1, 0.15) is 0 Å². The predicted molar refractivity (Wildman–Crippen MR) is 113 cm³/mol. The zero-order valence-electron chi connectivity index (χ0n) is 17.8. The van der Waals surface area contributed by atoms with Gasteiger partial charge in [-0.1, -0.05) is 0 Å². The van der Waals surface area contributed by atoms with Crippen LogP contribution in [0.15, 0.2) is 22.5 Å². The number of guanidine groups is 1. The summed E-state index contributed by atoms with van der Waals surface area (Å²) in [6.07, 6.45) is -4.07. The molecule has 6 nitrogen and oxygen atoms in total. The van der Waals surface area contributed by atoms with Gasteiger partial charge in [-0.25, -0.2) is 4.98 Å². The third kappa shape index (κ3) is 6.25.